The largest absolute Gasteiger partial charge is 0.470 e. The number of anilines is 1. The van der Waals surface area contributed by atoms with E-state index in [0.717, 1.165) is 5.69 Å². The molecule has 0 aliphatic carbocycles. The zero-order valence-corrected chi connectivity index (χ0v) is 5.97. The summed E-state index contributed by atoms with van der Waals surface area (Å²) in [5, 5.41) is 0. The van der Waals surface area contributed by atoms with Crippen LogP contribution in [0.1, 0.15) is 0 Å². The molecule has 1 radical (unpaired) electrons. The van der Waals surface area contributed by atoms with Crippen LogP contribution in [0.4, 0.5) is 5.69 Å². The fraction of sp³-hybridized carbons (Fsp3) is 0. The van der Waals surface area contributed by atoms with Crippen LogP contribution in [-0.4, -0.2) is 0 Å². The van der Waals surface area contributed by atoms with Crippen LogP contribution in [0.25, 0.3) is 0 Å². The summed E-state index contributed by atoms with van der Waals surface area (Å²) >= 11 is 0. The van der Waals surface area contributed by atoms with Gasteiger partial charge in [0.2, 0.25) is 6.73 Å². The number of hydrogen-bond acceptors (Lipinski definition) is 2. The molecular formula is C9H8NO. The average Bonchev–Trinajstić information content (AvgIpc) is 2.58. The van der Waals surface area contributed by atoms with Crippen LogP contribution >= 0.6 is 0 Å². The zero-order valence-electron chi connectivity index (χ0n) is 5.97. The second-order valence-corrected chi connectivity index (χ2v) is 2.27. The highest BCUT2D eigenvalue weighted by Crippen LogP contribution is 2.18. The van der Waals surface area contributed by atoms with E-state index in [-0.39, 0.29) is 0 Å². The summed E-state index contributed by atoms with van der Waals surface area (Å²) in [5.41, 5.74) is 1.11. The van der Waals surface area contributed by atoms with E-state index in [1.807, 2.05) is 41.4 Å². The van der Waals surface area contributed by atoms with E-state index >= 15 is 0 Å². The van der Waals surface area contributed by atoms with Crippen molar-refractivity contribution in [1.82, 2.24) is 0 Å². The Morgan fingerprint density at radius 2 is 1.91 bits per heavy atom. The summed E-state index contributed by atoms with van der Waals surface area (Å²) in [6.07, 6.45) is 3.52. The maximum atomic E-state index is 4.93. The molecule has 0 spiro atoms. The lowest BCUT2D eigenvalue weighted by Gasteiger charge is -2.11. The van der Waals surface area contributed by atoms with Gasteiger partial charge in [-0.3, -0.25) is 0 Å². The van der Waals surface area contributed by atoms with Crippen molar-refractivity contribution in [2.24, 2.45) is 0 Å². The van der Waals surface area contributed by atoms with Gasteiger partial charge in [0.1, 0.15) is 6.26 Å². The highest BCUT2D eigenvalue weighted by molar-refractivity contribution is 5.50. The van der Waals surface area contributed by atoms with Crippen molar-refractivity contribution in [2.45, 2.75) is 0 Å². The molecule has 0 N–H and O–H groups in total. The van der Waals surface area contributed by atoms with Gasteiger partial charge in [-0.2, -0.15) is 0 Å². The second-order valence-electron chi connectivity index (χ2n) is 2.27. The molecule has 1 aromatic rings. The Kier molecular flexibility index (Phi) is 1.52. The lowest BCUT2D eigenvalue weighted by Crippen LogP contribution is -2.06. The fourth-order valence-corrected chi connectivity index (χ4v) is 0.984. The van der Waals surface area contributed by atoms with Gasteiger partial charge < -0.3 is 9.64 Å². The van der Waals surface area contributed by atoms with Crippen molar-refractivity contribution < 1.29 is 4.74 Å². The molecule has 1 aromatic carbocycles. The first-order chi connectivity index (χ1) is 5.47. The monoisotopic (exact) mass is 146 g/mol. The van der Waals surface area contributed by atoms with Gasteiger partial charge in [0, 0.05) is 11.9 Å². The van der Waals surface area contributed by atoms with Crippen LogP contribution in [-0.2, 0) is 4.74 Å². The van der Waals surface area contributed by atoms with Crippen LogP contribution in [0, 0.1) is 6.73 Å². The molecular weight excluding hydrogens is 138 g/mol. The lowest BCUT2D eigenvalue weighted by molar-refractivity contribution is 0.356. The predicted molar refractivity (Wildman–Crippen MR) is 43.4 cm³/mol. The van der Waals surface area contributed by atoms with E-state index in [9.17, 15) is 0 Å². The van der Waals surface area contributed by atoms with Crippen molar-refractivity contribution in [2.75, 3.05) is 4.90 Å². The minimum absolute atomic E-state index is 1.11. The molecule has 55 valence electrons. The number of rotatable bonds is 1. The van der Waals surface area contributed by atoms with Crippen LogP contribution in [0.3, 0.4) is 0 Å². The van der Waals surface area contributed by atoms with Gasteiger partial charge in [0.15, 0.2) is 0 Å². The fourth-order valence-electron chi connectivity index (χ4n) is 0.984. The van der Waals surface area contributed by atoms with Crippen LogP contribution in [0.2, 0.25) is 0 Å². The van der Waals surface area contributed by atoms with Crippen molar-refractivity contribution in [3.63, 3.8) is 0 Å². The molecule has 1 aliphatic rings. The highest BCUT2D eigenvalue weighted by Gasteiger charge is 2.06. The number of para-hydroxylation sites is 1. The molecule has 0 atom stereocenters. The summed E-state index contributed by atoms with van der Waals surface area (Å²) in [6, 6.07) is 10.0. The third-order valence-electron chi connectivity index (χ3n) is 1.53. The average molecular weight is 146 g/mol. The van der Waals surface area contributed by atoms with Crippen molar-refractivity contribution >= 4 is 5.69 Å². The Morgan fingerprint density at radius 3 is 2.55 bits per heavy atom. The van der Waals surface area contributed by atoms with Gasteiger partial charge >= 0.3 is 0 Å². The normalized spacial score (nSPS) is 15.1. The van der Waals surface area contributed by atoms with Crippen molar-refractivity contribution in [3.05, 3.63) is 49.5 Å². The molecule has 0 fully saturated rings. The SMILES string of the molecule is [CH]1OC=CN1c1ccccc1. The maximum Gasteiger partial charge on any atom is 0.232 e. The number of hydrogen-bond donors (Lipinski definition) is 0. The molecule has 1 heterocycles. The predicted octanol–water partition coefficient (Wildman–Crippen LogP) is 2.11. The molecule has 2 nitrogen and oxygen atoms in total. The molecule has 0 amide bonds. The number of ether oxygens (including phenoxy) is 1. The molecule has 0 bridgehead atoms. The van der Waals surface area contributed by atoms with E-state index in [1.54, 1.807) is 13.0 Å². The van der Waals surface area contributed by atoms with E-state index < -0.39 is 0 Å². The third kappa shape index (κ3) is 1.19. The van der Waals surface area contributed by atoms with E-state index in [0.29, 0.717) is 0 Å². The molecule has 0 saturated heterocycles. The van der Waals surface area contributed by atoms with Crippen LogP contribution in [0.15, 0.2) is 42.8 Å². The second kappa shape index (κ2) is 2.66. The summed E-state index contributed by atoms with van der Waals surface area (Å²) in [7, 11) is 0. The number of benzene rings is 1. The smallest absolute Gasteiger partial charge is 0.232 e. The third-order valence-corrected chi connectivity index (χ3v) is 1.53. The van der Waals surface area contributed by atoms with Gasteiger partial charge in [-0.15, -0.1) is 0 Å². The van der Waals surface area contributed by atoms with Crippen molar-refractivity contribution in [1.29, 1.82) is 0 Å². The Bertz CT molecular complexity index is 256. The molecule has 11 heavy (non-hydrogen) atoms. The maximum absolute atomic E-state index is 4.93. The highest BCUT2D eigenvalue weighted by atomic mass is 16.5. The zero-order chi connectivity index (χ0) is 7.52. The first-order valence-electron chi connectivity index (χ1n) is 3.46. The molecule has 2 rings (SSSR count). The molecule has 0 unspecified atom stereocenters. The van der Waals surface area contributed by atoms with Crippen LogP contribution in [0.5, 0.6) is 0 Å². The summed E-state index contributed by atoms with van der Waals surface area (Å²) in [4.78, 5) is 1.92. The van der Waals surface area contributed by atoms with E-state index in [2.05, 4.69) is 0 Å². The van der Waals surface area contributed by atoms with Gasteiger partial charge in [-0.1, -0.05) is 18.2 Å². The Morgan fingerprint density at radius 1 is 1.09 bits per heavy atom. The van der Waals surface area contributed by atoms with Gasteiger partial charge in [0.25, 0.3) is 0 Å². The molecule has 0 aromatic heterocycles. The molecule has 0 saturated carbocycles. The first kappa shape index (κ1) is 6.28. The van der Waals surface area contributed by atoms with Gasteiger partial charge in [0.05, 0.1) is 0 Å². The number of nitrogens with zero attached hydrogens (tertiary/aromatic N) is 1. The molecule has 1 aliphatic heterocycles. The Balaban J connectivity index is 2.23. The Labute approximate surface area is 65.7 Å². The summed E-state index contributed by atoms with van der Waals surface area (Å²) < 4.78 is 4.93. The standard InChI is InChI=1S/C9H8NO/c1-2-4-9(5-3-1)10-6-7-11-8-10/h1-8H. The minimum atomic E-state index is 1.11. The molecule has 2 heteroatoms. The van der Waals surface area contributed by atoms with Crippen LogP contribution < -0.4 is 4.90 Å². The van der Waals surface area contributed by atoms with Gasteiger partial charge in [-0.05, 0) is 12.1 Å². The summed E-state index contributed by atoms with van der Waals surface area (Å²) in [5.74, 6) is 0. The lowest BCUT2D eigenvalue weighted by atomic mass is 10.3. The Hall–Kier alpha value is -1.44. The van der Waals surface area contributed by atoms with Crippen molar-refractivity contribution in [3.8, 4) is 0 Å². The van der Waals surface area contributed by atoms with E-state index in [4.69, 9.17) is 4.74 Å². The topological polar surface area (TPSA) is 12.5 Å². The quantitative estimate of drug-likeness (QED) is 0.601. The first-order valence-corrected chi connectivity index (χ1v) is 3.46. The van der Waals surface area contributed by atoms with Gasteiger partial charge in [-0.25, -0.2) is 0 Å². The minimum Gasteiger partial charge on any atom is -0.470 e. The summed E-state index contributed by atoms with van der Waals surface area (Å²) in [6.45, 7) is 1.66. The van der Waals surface area contributed by atoms with E-state index in [1.165, 1.54) is 0 Å².